The van der Waals surface area contributed by atoms with Crippen LogP contribution < -0.4 is 5.32 Å². The molecule has 0 aliphatic heterocycles. The van der Waals surface area contributed by atoms with E-state index in [1.165, 1.54) is 12.1 Å². The van der Waals surface area contributed by atoms with Gasteiger partial charge in [0.15, 0.2) is 0 Å². The molecule has 102 valence electrons. The van der Waals surface area contributed by atoms with E-state index in [-0.39, 0.29) is 12.2 Å². The highest BCUT2D eigenvalue weighted by molar-refractivity contribution is 5.26. The minimum absolute atomic E-state index is 0.0191. The summed E-state index contributed by atoms with van der Waals surface area (Å²) < 4.78 is 43.0. The van der Waals surface area contributed by atoms with E-state index in [0.717, 1.165) is 17.7 Å². The van der Waals surface area contributed by atoms with Crippen LogP contribution in [0.15, 0.2) is 24.3 Å². The molecule has 0 amide bonds. The minimum atomic E-state index is -4.30. The van der Waals surface area contributed by atoms with Crippen LogP contribution in [0.5, 0.6) is 0 Å². The van der Waals surface area contributed by atoms with Gasteiger partial charge >= 0.3 is 6.18 Å². The molecule has 0 saturated heterocycles. The van der Waals surface area contributed by atoms with Gasteiger partial charge in [-0.05, 0) is 38.6 Å². The maximum absolute atomic E-state index is 12.4. The summed E-state index contributed by atoms with van der Waals surface area (Å²) in [6.45, 7) is 4.35. The van der Waals surface area contributed by atoms with E-state index in [2.05, 4.69) is 5.32 Å². The van der Waals surface area contributed by atoms with E-state index in [4.69, 9.17) is 4.74 Å². The van der Waals surface area contributed by atoms with Gasteiger partial charge in [-0.3, -0.25) is 0 Å². The molecule has 1 rings (SSSR count). The lowest BCUT2D eigenvalue weighted by Crippen LogP contribution is -2.22. The largest absolute Gasteiger partial charge is 0.416 e. The van der Waals surface area contributed by atoms with Crippen molar-refractivity contribution in [2.24, 2.45) is 0 Å². The first-order chi connectivity index (χ1) is 8.34. The van der Waals surface area contributed by atoms with E-state index in [9.17, 15) is 13.2 Å². The van der Waals surface area contributed by atoms with Gasteiger partial charge in [-0.15, -0.1) is 0 Å². The first-order valence-corrected chi connectivity index (χ1v) is 5.81. The molecule has 1 atom stereocenters. The molecule has 18 heavy (non-hydrogen) atoms. The summed E-state index contributed by atoms with van der Waals surface area (Å²) >= 11 is 0. The van der Waals surface area contributed by atoms with Crippen molar-refractivity contribution in [3.8, 4) is 0 Å². The van der Waals surface area contributed by atoms with Crippen molar-refractivity contribution in [3.63, 3.8) is 0 Å². The molecule has 1 aromatic carbocycles. The molecular formula is C13H18F3NO. The average Bonchev–Trinajstić information content (AvgIpc) is 2.27. The van der Waals surface area contributed by atoms with Crippen LogP contribution in [0.25, 0.3) is 0 Å². The lowest BCUT2D eigenvalue weighted by Gasteiger charge is -2.21. The van der Waals surface area contributed by atoms with Gasteiger partial charge in [0.2, 0.25) is 0 Å². The fourth-order valence-corrected chi connectivity index (χ4v) is 1.65. The standard InChI is InChI=1S/C13H18F3NO/c1-9(2)18-12(8-17-3)10-4-6-11(7-5-10)13(14,15)16/h4-7,9,12,17H,8H2,1-3H3. The molecule has 2 nitrogen and oxygen atoms in total. The Morgan fingerprint density at radius 1 is 1.17 bits per heavy atom. The van der Waals surface area contributed by atoms with Crippen LogP contribution in [0.1, 0.15) is 31.1 Å². The Labute approximate surface area is 105 Å². The molecule has 0 saturated carbocycles. The van der Waals surface area contributed by atoms with Crippen molar-refractivity contribution in [1.29, 1.82) is 0 Å². The normalized spacial score (nSPS) is 13.9. The topological polar surface area (TPSA) is 21.3 Å². The van der Waals surface area contributed by atoms with Crippen molar-refractivity contribution >= 4 is 0 Å². The van der Waals surface area contributed by atoms with Crippen molar-refractivity contribution < 1.29 is 17.9 Å². The Balaban J connectivity index is 2.86. The van der Waals surface area contributed by atoms with Crippen molar-refractivity contribution in [2.75, 3.05) is 13.6 Å². The van der Waals surface area contributed by atoms with E-state index >= 15 is 0 Å². The first kappa shape index (κ1) is 15.0. The first-order valence-electron chi connectivity index (χ1n) is 5.81. The molecule has 1 N–H and O–H groups in total. The van der Waals surface area contributed by atoms with E-state index in [0.29, 0.717) is 6.54 Å². The summed E-state index contributed by atoms with van der Waals surface area (Å²) in [6, 6.07) is 5.10. The Morgan fingerprint density at radius 3 is 2.11 bits per heavy atom. The van der Waals surface area contributed by atoms with E-state index in [1.54, 1.807) is 7.05 Å². The molecular weight excluding hydrogens is 243 g/mol. The second kappa shape index (κ2) is 6.20. The number of rotatable bonds is 5. The lowest BCUT2D eigenvalue weighted by atomic mass is 10.1. The highest BCUT2D eigenvalue weighted by Crippen LogP contribution is 2.30. The number of alkyl halides is 3. The van der Waals surface area contributed by atoms with Crippen LogP contribution in [-0.2, 0) is 10.9 Å². The van der Waals surface area contributed by atoms with Gasteiger partial charge in [0.05, 0.1) is 17.8 Å². The zero-order valence-electron chi connectivity index (χ0n) is 10.7. The number of benzene rings is 1. The van der Waals surface area contributed by atoms with Crippen molar-refractivity contribution in [3.05, 3.63) is 35.4 Å². The average molecular weight is 261 g/mol. The summed E-state index contributed by atoms with van der Waals surface area (Å²) in [7, 11) is 1.78. The Hall–Kier alpha value is -1.07. The van der Waals surface area contributed by atoms with Gasteiger partial charge in [0, 0.05) is 6.54 Å². The molecule has 0 fully saturated rings. The number of hydrogen-bond donors (Lipinski definition) is 1. The molecule has 0 heterocycles. The molecule has 1 aromatic rings. The van der Waals surface area contributed by atoms with Gasteiger partial charge in [0.1, 0.15) is 0 Å². The van der Waals surface area contributed by atoms with Gasteiger partial charge in [-0.25, -0.2) is 0 Å². The zero-order chi connectivity index (χ0) is 13.8. The van der Waals surface area contributed by atoms with Crippen LogP contribution in [0.2, 0.25) is 0 Å². The zero-order valence-corrected chi connectivity index (χ0v) is 10.7. The second-order valence-electron chi connectivity index (χ2n) is 4.35. The molecule has 0 aliphatic carbocycles. The van der Waals surface area contributed by atoms with Gasteiger partial charge in [-0.2, -0.15) is 13.2 Å². The highest BCUT2D eigenvalue weighted by Gasteiger charge is 2.30. The van der Waals surface area contributed by atoms with Crippen molar-refractivity contribution in [1.82, 2.24) is 5.32 Å². The third-order valence-corrected chi connectivity index (χ3v) is 2.44. The Morgan fingerprint density at radius 2 is 1.72 bits per heavy atom. The smallest absolute Gasteiger partial charge is 0.370 e. The van der Waals surface area contributed by atoms with Crippen LogP contribution in [0.3, 0.4) is 0 Å². The predicted octanol–water partition coefficient (Wildman–Crippen LogP) is 3.39. The Kier molecular flexibility index (Phi) is 5.16. The fraction of sp³-hybridized carbons (Fsp3) is 0.538. The van der Waals surface area contributed by atoms with Crippen LogP contribution in [-0.4, -0.2) is 19.7 Å². The van der Waals surface area contributed by atoms with E-state index in [1.807, 2.05) is 13.8 Å². The quantitative estimate of drug-likeness (QED) is 0.877. The summed E-state index contributed by atoms with van der Waals surface area (Å²) in [5.74, 6) is 0. The molecule has 0 aromatic heterocycles. The molecule has 0 radical (unpaired) electrons. The Bertz CT molecular complexity index is 359. The van der Waals surface area contributed by atoms with Gasteiger partial charge in [0.25, 0.3) is 0 Å². The highest BCUT2D eigenvalue weighted by atomic mass is 19.4. The third kappa shape index (κ3) is 4.31. The number of likely N-dealkylation sites (N-methyl/N-ethyl adjacent to an activating group) is 1. The monoisotopic (exact) mass is 261 g/mol. The summed E-state index contributed by atoms with van der Waals surface area (Å²) in [6.07, 6.45) is -4.52. The molecule has 0 aliphatic rings. The molecule has 1 unspecified atom stereocenters. The van der Waals surface area contributed by atoms with Gasteiger partial charge < -0.3 is 10.1 Å². The second-order valence-corrected chi connectivity index (χ2v) is 4.35. The molecule has 5 heteroatoms. The number of ether oxygens (including phenoxy) is 1. The minimum Gasteiger partial charge on any atom is -0.370 e. The van der Waals surface area contributed by atoms with Crippen molar-refractivity contribution in [2.45, 2.75) is 32.2 Å². The summed E-state index contributed by atoms with van der Waals surface area (Å²) in [4.78, 5) is 0. The number of halogens is 3. The fourth-order valence-electron chi connectivity index (χ4n) is 1.65. The summed E-state index contributed by atoms with van der Waals surface area (Å²) in [5, 5.41) is 2.97. The predicted molar refractivity (Wildman–Crippen MR) is 64.3 cm³/mol. The van der Waals surface area contributed by atoms with Crippen LogP contribution in [0.4, 0.5) is 13.2 Å². The SMILES string of the molecule is CNCC(OC(C)C)c1ccc(C(F)(F)F)cc1. The molecule has 0 spiro atoms. The third-order valence-electron chi connectivity index (χ3n) is 2.44. The maximum atomic E-state index is 12.4. The lowest BCUT2D eigenvalue weighted by molar-refractivity contribution is -0.137. The number of hydrogen-bond acceptors (Lipinski definition) is 2. The van der Waals surface area contributed by atoms with Crippen LogP contribution >= 0.6 is 0 Å². The summed E-state index contributed by atoms with van der Waals surface area (Å²) in [5.41, 5.74) is 0.102. The molecule has 0 bridgehead atoms. The van der Waals surface area contributed by atoms with Gasteiger partial charge in [-0.1, -0.05) is 12.1 Å². The van der Waals surface area contributed by atoms with E-state index < -0.39 is 11.7 Å². The number of nitrogens with one attached hydrogen (secondary N) is 1. The van der Waals surface area contributed by atoms with Crippen LogP contribution in [0, 0.1) is 0 Å². The maximum Gasteiger partial charge on any atom is 0.416 e.